The van der Waals surface area contributed by atoms with Gasteiger partial charge in [0.25, 0.3) is 10.1 Å². The van der Waals surface area contributed by atoms with E-state index in [2.05, 4.69) is 4.18 Å². The van der Waals surface area contributed by atoms with Gasteiger partial charge in [-0.05, 0) is 30.5 Å². The van der Waals surface area contributed by atoms with Gasteiger partial charge in [0, 0.05) is 5.02 Å². The highest BCUT2D eigenvalue weighted by molar-refractivity contribution is 7.85. The lowest BCUT2D eigenvalue weighted by Gasteiger charge is -2.04. The molecular formula is C10H12ClFO3S. The van der Waals surface area contributed by atoms with Crippen LogP contribution in [-0.4, -0.2) is 21.3 Å². The molecule has 0 bridgehead atoms. The van der Waals surface area contributed by atoms with Crippen molar-refractivity contribution in [2.45, 2.75) is 12.8 Å². The average Bonchev–Trinajstić information content (AvgIpc) is 2.13. The zero-order valence-electron chi connectivity index (χ0n) is 8.74. The standard InChI is InChI=1S/C10H12ClFO3S/c1-16(13,14)15-6-2-3-8-4-5-9(12)7-10(8)11/h4-5,7H,2-3,6H2,1H3. The number of hydrogen-bond acceptors (Lipinski definition) is 3. The molecule has 16 heavy (non-hydrogen) atoms. The molecule has 0 aliphatic rings. The lowest BCUT2D eigenvalue weighted by Crippen LogP contribution is -2.05. The second-order valence-corrected chi connectivity index (χ2v) is 5.42. The topological polar surface area (TPSA) is 43.4 Å². The minimum Gasteiger partial charge on any atom is -0.270 e. The van der Waals surface area contributed by atoms with Crippen LogP contribution in [0.1, 0.15) is 12.0 Å². The second-order valence-electron chi connectivity index (χ2n) is 3.37. The predicted octanol–water partition coefficient (Wildman–Crippen LogP) is 2.39. The van der Waals surface area contributed by atoms with Crippen LogP contribution in [0.3, 0.4) is 0 Å². The van der Waals surface area contributed by atoms with Gasteiger partial charge in [0.2, 0.25) is 0 Å². The Labute approximate surface area is 99.3 Å². The van der Waals surface area contributed by atoms with Crippen LogP contribution >= 0.6 is 11.6 Å². The Morgan fingerprint density at radius 2 is 2.12 bits per heavy atom. The highest BCUT2D eigenvalue weighted by atomic mass is 35.5. The number of halogens is 2. The van der Waals surface area contributed by atoms with Gasteiger partial charge in [0.1, 0.15) is 5.82 Å². The van der Waals surface area contributed by atoms with Crippen molar-refractivity contribution in [2.75, 3.05) is 12.9 Å². The fraction of sp³-hybridized carbons (Fsp3) is 0.400. The molecule has 0 saturated carbocycles. The zero-order chi connectivity index (χ0) is 12.2. The van der Waals surface area contributed by atoms with Crippen molar-refractivity contribution in [1.82, 2.24) is 0 Å². The predicted molar refractivity (Wildman–Crippen MR) is 60.5 cm³/mol. The Kier molecular flexibility index (Phi) is 4.70. The average molecular weight is 267 g/mol. The van der Waals surface area contributed by atoms with Gasteiger partial charge in [-0.2, -0.15) is 8.42 Å². The van der Waals surface area contributed by atoms with Crippen LogP contribution < -0.4 is 0 Å². The van der Waals surface area contributed by atoms with Gasteiger partial charge in [-0.1, -0.05) is 17.7 Å². The van der Waals surface area contributed by atoms with E-state index in [1.54, 1.807) is 6.07 Å². The van der Waals surface area contributed by atoms with Gasteiger partial charge >= 0.3 is 0 Å². The van der Waals surface area contributed by atoms with E-state index in [0.717, 1.165) is 11.8 Å². The summed E-state index contributed by atoms with van der Waals surface area (Å²) in [7, 11) is -3.39. The van der Waals surface area contributed by atoms with Gasteiger partial charge in [-0.15, -0.1) is 0 Å². The molecule has 0 spiro atoms. The monoisotopic (exact) mass is 266 g/mol. The molecule has 0 aliphatic heterocycles. The van der Waals surface area contributed by atoms with E-state index >= 15 is 0 Å². The first-order valence-corrected chi connectivity index (χ1v) is 6.86. The van der Waals surface area contributed by atoms with Crippen LogP contribution in [0.2, 0.25) is 5.02 Å². The maximum Gasteiger partial charge on any atom is 0.264 e. The van der Waals surface area contributed by atoms with E-state index in [1.807, 2.05) is 0 Å². The molecule has 0 N–H and O–H groups in total. The van der Waals surface area contributed by atoms with E-state index in [-0.39, 0.29) is 12.4 Å². The summed E-state index contributed by atoms with van der Waals surface area (Å²) < 4.78 is 38.6. The fourth-order valence-electron chi connectivity index (χ4n) is 1.20. The zero-order valence-corrected chi connectivity index (χ0v) is 10.3. The molecule has 0 heterocycles. The summed E-state index contributed by atoms with van der Waals surface area (Å²) in [4.78, 5) is 0. The molecule has 0 aromatic heterocycles. The molecule has 0 atom stereocenters. The Hall–Kier alpha value is -0.650. The molecule has 1 rings (SSSR count). The number of benzene rings is 1. The van der Waals surface area contributed by atoms with Crippen LogP contribution in [-0.2, 0) is 20.7 Å². The molecule has 0 amide bonds. The Bertz CT molecular complexity index is 459. The summed E-state index contributed by atoms with van der Waals surface area (Å²) >= 11 is 5.80. The van der Waals surface area contributed by atoms with Crippen LogP contribution in [0, 0.1) is 5.82 Å². The molecule has 0 fully saturated rings. The Balaban J connectivity index is 2.43. The highest BCUT2D eigenvalue weighted by Crippen LogP contribution is 2.18. The molecule has 0 saturated heterocycles. The molecule has 3 nitrogen and oxygen atoms in total. The number of hydrogen-bond donors (Lipinski definition) is 0. The van der Waals surface area contributed by atoms with Crippen molar-refractivity contribution in [2.24, 2.45) is 0 Å². The van der Waals surface area contributed by atoms with Crippen molar-refractivity contribution in [3.05, 3.63) is 34.6 Å². The number of aryl methyl sites for hydroxylation is 1. The van der Waals surface area contributed by atoms with Crippen molar-refractivity contribution in [3.63, 3.8) is 0 Å². The normalized spacial score (nSPS) is 11.7. The van der Waals surface area contributed by atoms with E-state index < -0.39 is 10.1 Å². The van der Waals surface area contributed by atoms with Gasteiger partial charge in [-0.3, -0.25) is 4.18 Å². The molecule has 0 aliphatic carbocycles. The highest BCUT2D eigenvalue weighted by Gasteiger charge is 2.04. The molecule has 6 heteroatoms. The van der Waals surface area contributed by atoms with E-state index in [1.165, 1.54) is 12.1 Å². The van der Waals surface area contributed by atoms with Gasteiger partial charge < -0.3 is 0 Å². The van der Waals surface area contributed by atoms with Crippen LogP contribution in [0.15, 0.2) is 18.2 Å². The molecule has 1 aromatic carbocycles. The fourth-order valence-corrected chi connectivity index (χ4v) is 1.88. The van der Waals surface area contributed by atoms with Crippen molar-refractivity contribution >= 4 is 21.7 Å². The first-order valence-electron chi connectivity index (χ1n) is 4.67. The number of rotatable bonds is 5. The summed E-state index contributed by atoms with van der Waals surface area (Å²) in [6.45, 7) is 0.104. The quantitative estimate of drug-likeness (QED) is 0.607. The van der Waals surface area contributed by atoms with E-state index in [4.69, 9.17) is 11.6 Å². The van der Waals surface area contributed by atoms with Gasteiger partial charge in [0.05, 0.1) is 12.9 Å². The smallest absolute Gasteiger partial charge is 0.264 e. The molecular weight excluding hydrogens is 255 g/mol. The van der Waals surface area contributed by atoms with Crippen molar-refractivity contribution < 1.29 is 17.0 Å². The van der Waals surface area contributed by atoms with Crippen LogP contribution in [0.5, 0.6) is 0 Å². The maximum atomic E-state index is 12.7. The van der Waals surface area contributed by atoms with Crippen molar-refractivity contribution in [3.8, 4) is 0 Å². The third-order valence-corrected chi connectivity index (χ3v) is 2.85. The Morgan fingerprint density at radius 3 is 2.69 bits per heavy atom. The summed E-state index contributed by atoms with van der Waals surface area (Å²) in [6, 6.07) is 4.13. The summed E-state index contributed by atoms with van der Waals surface area (Å²) in [6.07, 6.45) is 2.06. The Morgan fingerprint density at radius 1 is 1.44 bits per heavy atom. The first kappa shape index (κ1) is 13.4. The maximum absolute atomic E-state index is 12.7. The summed E-state index contributed by atoms with van der Waals surface area (Å²) in [5, 5.41) is 0.347. The summed E-state index contributed by atoms with van der Waals surface area (Å²) in [5.74, 6) is -0.388. The largest absolute Gasteiger partial charge is 0.270 e. The summed E-state index contributed by atoms with van der Waals surface area (Å²) in [5.41, 5.74) is 0.778. The van der Waals surface area contributed by atoms with E-state index in [0.29, 0.717) is 17.9 Å². The lowest BCUT2D eigenvalue weighted by atomic mass is 10.1. The first-order chi connectivity index (χ1) is 7.38. The molecule has 0 radical (unpaired) electrons. The molecule has 90 valence electrons. The van der Waals surface area contributed by atoms with Gasteiger partial charge in [-0.25, -0.2) is 4.39 Å². The second kappa shape index (κ2) is 5.61. The lowest BCUT2D eigenvalue weighted by molar-refractivity contribution is 0.316. The van der Waals surface area contributed by atoms with Crippen LogP contribution in [0.4, 0.5) is 4.39 Å². The van der Waals surface area contributed by atoms with Gasteiger partial charge in [0.15, 0.2) is 0 Å². The minimum absolute atomic E-state index is 0.104. The third kappa shape index (κ3) is 4.92. The molecule has 1 aromatic rings. The van der Waals surface area contributed by atoms with Crippen LogP contribution in [0.25, 0.3) is 0 Å². The third-order valence-electron chi connectivity index (χ3n) is 1.90. The van der Waals surface area contributed by atoms with Crippen molar-refractivity contribution in [1.29, 1.82) is 0 Å². The van der Waals surface area contributed by atoms with E-state index in [9.17, 15) is 12.8 Å². The molecule has 0 unspecified atom stereocenters. The SMILES string of the molecule is CS(=O)(=O)OCCCc1ccc(F)cc1Cl. The minimum atomic E-state index is -3.39.